The Kier molecular flexibility index (Phi) is 5.90. The lowest BCUT2D eigenvalue weighted by Crippen LogP contribution is -2.49. The molecule has 1 aliphatic rings. The van der Waals surface area contributed by atoms with Crippen LogP contribution < -0.4 is 15.8 Å². The van der Waals surface area contributed by atoms with Gasteiger partial charge in [0.15, 0.2) is 5.67 Å². The zero-order chi connectivity index (χ0) is 21.9. The number of halogens is 4. The Morgan fingerprint density at radius 3 is 2.57 bits per heavy atom. The molecule has 0 saturated carbocycles. The molecule has 0 aliphatic carbocycles. The normalized spacial score (nSPS) is 23.6. The Morgan fingerprint density at radius 1 is 1.23 bits per heavy atom. The number of nitrogens with zero attached hydrogens (tertiary/aromatic N) is 3. The largest absolute Gasteiger partial charge is 0.480 e. The van der Waals surface area contributed by atoms with Crippen molar-refractivity contribution in [1.82, 2.24) is 9.97 Å². The number of amidine groups is 1. The number of nitrogens with two attached hydrogens (primary N) is 1. The highest BCUT2D eigenvalue weighted by Gasteiger charge is 2.47. The van der Waals surface area contributed by atoms with Gasteiger partial charge in [0.05, 0.1) is 19.5 Å². The fourth-order valence-corrected chi connectivity index (χ4v) is 3.11. The predicted molar refractivity (Wildman–Crippen MR) is 101 cm³/mol. The highest BCUT2D eigenvalue weighted by atomic mass is 19.2. The highest BCUT2D eigenvalue weighted by Crippen LogP contribution is 2.41. The van der Waals surface area contributed by atoms with Gasteiger partial charge in [0.2, 0.25) is 5.88 Å². The predicted octanol–water partition coefficient (Wildman–Crippen LogP) is 2.87. The first-order valence-corrected chi connectivity index (χ1v) is 8.91. The number of ether oxygens (including phenoxy) is 1. The summed E-state index contributed by atoms with van der Waals surface area (Å²) < 4.78 is 60.8. The molecule has 11 heteroatoms. The first-order chi connectivity index (χ1) is 14.3. The number of nitrogens with one attached hydrogen (secondary N) is 1. The molecule has 0 spiro atoms. The molecule has 7 nitrogen and oxygen atoms in total. The van der Waals surface area contributed by atoms with E-state index in [9.17, 15) is 22.4 Å². The van der Waals surface area contributed by atoms with Gasteiger partial charge < -0.3 is 15.8 Å². The zero-order valence-electron chi connectivity index (χ0n) is 16.0. The summed E-state index contributed by atoms with van der Waals surface area (Å²) in [6, 6.07) is 3.46. The van der Waals surface area contributed by atoms with Gasteiger partial charge in [0.1, 0.15) is 36.2 Å². The molecule has 0 unspecified atom stereocenters. The number of amides is 1. The number of hydrogen-bond acceptors (Lipinski definition) is 6. The Hall–Kier alpha value is -3.24. The maximum absolute atomic E-state index is 14.5. The van der Waals surface area contributed by atoms with E-state index in [4.69, 9.17) is 10.5 Å². The molecule has 2 aromatic rings. The molecular formula is C19H19F4N5O2. The van der Waals surface area contributed by atoms with Crippen molar-refractivity contribution in [3.8, 4) is 5.88 Å². The number of carbonyl (C=O) groups is 1. The monoisotopic (exact) mass is 425 g/mol. The Balaban J connectivity index is 1.92. The molecule has 3 N–H and O–H groups in total. The molecule has 1 aromatic carbocycles. The Morgan fingerprint density at radius 2 is 2.00 bits per heavy atom. The van der Waals surface area contributed by atoms with Crippen molar-refractivity contribution < 1.29 is 27.1 Å². The summed E-state index contributed by atoms with van der Waals surface area (Å²) in [6.45, 7) is -2.60. The summed E-state index contributed by atoms with van der Waals surface area (Å²) >= 11 is 0. The van der Waals surface area contributed by atoms with E-state index >= 15 is 0 Å². The lowest BCUT2D eigenvalue weighted by Gasteiger charge is -2.37. The molecule has 1 aliphatic heterocycles. The van der Waals surface area contributed by atoms with Crippen LogP contribution in [0.3, 0.4) is 0 Å². The molecule has 1 amide bonds. The first kappa shape index (κ1) is 21.5. The van der Waals surface area contributed by atoms with Crippen LogP contribution in [0.4, 0.5) is 23.2 Å². The third kappa shape index (κ3) is 3.91. The summed E-state index contributed by atoms with van der Waals surface area (Å²) in [5.74, 6) is -1.98. The summed E-state index contributed by atoms with van der Waals surface area (Å²) in [5, 5.41) is 2.50. The molecule has 2 atom stereocenters. The molecular weight excluding hydrogens is 406 g/mol. The van der Waals surface area contributed by atoms with Crippen molar-refractivity contribution in [2.24, 2.45) is 10.7 Å². The van der Waals surface area contributed by atoms with Gasteiger partial charge in [-0.2, -0.15) is 0 Å². The van der Waals surface area contributed by atoms with Crippen LogP contribution in [-0.4, -0.2) is 47.8 Å². The van der Waals surface area contributed by atoms with E-state index in [1.54, 1.807) is 0 Å². The van der Waals surface area contributed by atoms with E-state index in [0.29, 0.717) is 0 Å². The van der Waals surface area contributed by atoms with Gasteiger partial charge in [-0.1, -0.05) is 0 Å². The summed E-state index contributed by atoms with van der Waals surface area (Å²) in [5.41, 5.74) is 1.06. The van der Waals surface area contributed by atoms with Crippen molar-refractivity contribution in [1.29, 1.82) is 0 Å². The van der Waals surface area contributed by atoms with Crippen LogP contribution in [0, 0.1) is 5.82 Å². The van der Waals surface area contributed by atoms with Gasteiger partial charge in [-0.3, -0.25) is 9.79 Å². The quantitative estimate of drug-likeness (QED) is 0.693. The van der Waals surface area contributed by atoms with Crippen molar-refractivity contribution in [3.05, 3.63) is 47.7 Å². The lowest BCUT2D eigenvalue weighted by atomic mass is 9.80. The number of aliphatic imine (C=N–C) groups is 1. The van der Waals surface area contributed by atoms with Gasteiger partial charge in [0.25, 0.3) is 5.91 Å². The number of benzene rings is 1. The number of alkyl halides is 3. The van der Waals surface area contributed by atoms with Gasteiger partial charge in [-0.25, -0.2) is 27.5 Å². The van der Waals surface area contributed by atoms with Crippen molar-refractivity contribution in [2.75, 3.05) is 25.8 Å². The van der Waals surface area contributed by atoms with Crippen molar-refractivity contribution >= 4 is 17.4 Å². The van der Waals surface area contributed by atoms with Crippen LogP contribution in [0.25, 0.3) is 0 Å². The SMILES string of the molecule is COc1cnc(C(=O)Nc2ccc(F)c([C@]3(CF)CC[C@@](F)(CF)C(N)=N3)c2)cn1. The van der Waals surface area contributed by atoms with Crippen LogP contribution in [0.15, 0.2) is 35.6 Å². The molecule has 1 aromatic heterocycles. The third-order valence-corrected chi connectivity index (χ3v) is 4.96. The van der Waals surface area contributed by atoms with E-state index < -0.39 is 48.5 Å². The second kappa shape index (κ2) is 8.25. The van der Waals surface area contributed by atoms with Crippen molar-refractivity contribution in [2.45, 2.75) is 24.0 Å². The first-order valence-electron chi connectivity index (χ1n) is 8.91. The Bertz CT molecular complexity index is 972. The molecule has 160 valence electrons. The van der Waals surface area contributed by atoms with Crippen molar-refractivity contribution in [3.63, 3.8) is 0 Å². The molecule has 0 bridgehead atoms. The maximum Gasteiger partial charge on any atom is 0.275 e. The molecule has 0 radical (unpaired) electrons. The summed E-state index contributed by atoms with van der Waals surface area (Å²) in [6.07, 6.45) is 1.67. The Labute approximate surface area is 169 Å². The smallest absolute Gasteiger partial charge is 0.275 e. The van der Waals surface area contributed by atoms with E-state index in [-0.39, 0.29) is 29.2 Å². The second-order valence-corrected chi connectivity index (χ2v) is 6.85. The minimum Gasteiger partial charge on any atom is -0.480 e. The molecule has 0 fully saturated rings. The number of carbonyl (C=O) groups excluding carboxylic acids is 1. The second-order valence-electron chi connectivity index (χ2n) is 6.85. The zero-order valence-corrected chi connectivity index (χ0v) is 16.0. The van der Waals surface area contributed by atoms with E-state index in [0.717, 1.165) is 6.07 Å². The third-order valence-electron chi connectivity index (χ3n) is 4.96. The number of methoxy groups -OCH3 is 1. The van der Waals surface area contributed by atoms with Crippen LogP contribution in [-0.2, 0) is 5.54 Å². The summed E-state index contributed by atoms with van der Waals surface area (Å²) in [4.78, 5) is 23.9. The van der Waals surface area contributed by atoms with E-state index in [2.05, 4.69) is 20.3 Å². The van der Waals surface area contributed by atoms with E-state index in [1.165, 1.54) is 31.6 Å². The molecule has 0 saturated heterocycles. The van der Waals surface area contributed by atoms with Gasteiger partial charge in [-0.05, 0) is 31.0 Å². The van der Waals surface area contributed by atoms with Gasteiger partial charge in [-0.15, -0.1) is 0 Å². The fraction of sp³-hybridized carbons (Fsp3) is 0.368. The minimum absolute atomic E-state index is 0.0352. The van der Waals surface area contributed by atoms with Crippen LogP contribution in [0.1, 0.15) is 28.9 Å². The number of anilines is 1. The topological polar surface area (TPSA) is 102 Å². The number of aromatic nitrogens is 2. The van der Waals surface area contributed by atoms with Crippen LogP contribution in [0.5, 0.6) is 5.88 Å². The minimum atomic E-state index is -2.51. The van der Waals surface area contributed by atoms with Crippen LogP contribution in [0.2, 0.25) is 0 Å². The average Bonchev–Trinajstić information content (AvgIpc) is 2.77. The number of hydrogen-bond donors (Lipinski definition) is 2. The molecule has 3 rings (SSSR count). The van der Waals surface area contributed by atoms with Gasteiger partial charge in [0, 0.05) is 11.3 Å². The lowest BCUT2D eigenvalue weighted by molar-refractivity contribution is 0.102. The summed E-state index contributed by atoms with van der Waals surface area (Å²) in [7, 11) is 1.39. The number of rotatable bonds is 6. The fourth-order valence-electron chi connectivity index (χ4n) is 3.11. The molecule has 2 heterocycles. The van der Waals surface area contributed by atoms with Gasteiger partial charge >= 0.3 is 0 Å². The van der Waals surface area contributed by atoms with Crippen LogP contribution >= 0.6 is 0 Å². The average molecular weight is 425 g/mol. The van der Waals surface area contributed by atoms with E-state index in [1.807, 2.05) is 0 Å². The maximum atomic E-state index is 14.5. The highest BCUT2D eigenvalue weighted by molar-refractivity contribution is 6.02. The molecule has 30 heavy (non-hydrogen) atoms. The standard InChI is InChI=1S/C19H19F4N5O2/c1-30-15-8-25-14(7-26-15)16(29)27-11-2-3-13(22)12(6-11)19(10-21)5-4-18(23,9-20)17(24)28-19/h2-3,6-8H,4-5,9-10H2,1H3,(H2,24,28)(H,27,29)/t18-,19-/m1/s1.